The predicted molar refractivity (Wildman–Crippen MR) is 56.1 cm³/mol. The van der Waals surface area contributed by atoms with E-state index in [9.17, 15) is 4.79 Å². The van der Waals surface area contributed by atoms with Crippen molar-refractivity contribution >= 4 is 13.1 Å². The SMILES string of the molecule is NC1(C(=O)O)CCCC1CCCB(O)O. The molecule has 2 atom stereocenters. The van der Waals surface area contributed by atoms with Crippen molar-refractivity contribution in [2.24, 2.45) is 11.7 Å². The zero-order chi connectivity index (χ0) is 11.5. The summed E-state index contributed by atoms with van der Waals surface area (Å²) in [5, 5.41) is 26.4. The van der Waals surface area contributed by atoms with Crippen molar-refractivity contribution < 1.29 is 19.9 Å². The van der Waals surface area contributed by atoms with Crippen LogP contribution in [0.15, 0.2) is 0 Å². The molecular weight excluding hydrogens is 197 g/mol. The molecule has 0 aromatic heterocycles. The molecule has 0 aromatic rings. The summed E-state index contributed by atoms with van der Waals surface area (Å²) in [6, 6.07) is 0. The molecule has 0 radical (unpaired) electrons. The second kappa shape index (κ2) is 4.96. The number of hydrogen-bond acceptors (Lipinski definition) is 4. The number of carboxylic acid groups (broad SMARTS) is 1. The molecule has 0 amide bonds. The van der Waals surface area contributed by atoms with Gasteiger partial charge in [-0.2, -0.15) is 0 Å². The highest BCUT2D eigenvalue weighted by atomic mass is 16.4. The molecule has 0 aliphatic heterocycles. The van der Waals surface area contributed by atoms with E-state index in [1.54, 1.807) is 0 Å². The van der Waals surface area contributed by atoms with E-state index >= 15 is 0 Å². The third-order valence-electron chi connectivity index (χ3n) is 3.28. The molecular formula is C9H18BNO4. The fourth-order valence-electron chi connectivity index (χ4n) is 2.33. The minimum absolute atomic E-state index is 0.0336. The zero-order valence-electron chi connectivity index (χ0n) is 8.72. The van der Waals surface area contributed by atoms with E-state index in [1.807, 2.05) is 0 Å². The average molecular weight is 215 g/mol. The molecule has 1 aliphatic rings. The van der Waals surface area contributed by atoms with Crippen molar-refractivity contribution in [1.82, 2.24) is 0 Å². The summed E-state index contributed by atoms with van der Waals surface area (Å²) < 4.78 is 0. The number of carbonyl (C=O) groups is 1. The van der Waals surface area contributed by atoms with Gasteiger partial charge in [0.2, 0.25) is 0 Å². The average Bonchev–Trinajstić information content (AvgIpc) is 2.49. The summed E-state index contributed by atoms with van der Waals surface area (Å²) in [7, 11) is -1.30. The van der Waals surface area contributed by atoms with Crippen LogP contribution in [0.1, 0.15) is 32.1 Å². The maximum Gasteiger partial charge on any atom is 0.451 e. The van der Waals surface area contributed by atoms with Gasteiger partial charge in [0.1, 0.15) is 5.54 Å². The summed E-state index contributed by atoms with van der Waals surface area (Å²) in [6.07, 6.45) is 3.73. The monoisotopic (exact) mass is 215 g/mol. The van der Waals surface area contributed by atoms with Gasteiger partial charge in [-0.25, -0.2) is 0 Å². The van der Waals surface area contributed by atoms with E-state index in [1.165, 1.54) is 0 Å². The zero-order valence-corrected chi connectivity index (χ0v) is 8.72. The Balaban J connectivity index is 2.43. The van der Waals surface area contributed by atoms with Gasteiger partial charge in [0.25, 0.3) is 0 Å². The van der Waals surface area contributed by atoms with E-state index in [-0.39, 0.29) is 12.2 Å². The van der Waals surface area contributed by atoms with Crippen molar-refractivity contribution in [3.8, 4) is 0 Å². The molecule has 0 aromatic carbocycles. The molecule has 0 spiro atoms. The van der Waals surface area contributed by atoms with E-state index in [0.29, 0.717) is 19.3 Å². The Labute approximate surface area is 89.4 Å². The first-order valence-corrected chi connectivity index (χ1v) is 5.35. The third kappa shape index (κ3) is 2.93. The lowest BCUT2D eigenvalue weighted by molar-refractivity contribution is -0.144. The second-order valence-corrected chi connectivity index (χ2v) is 4.35. The molecule has 1 saturated carbocycles. The Morgan fingerprint density at radius 1 is 1.53 bits per heavy atom. The molecule has 15 heavy (non-hydrogen) atoms. The molecule has 0 heterocycles. The molecule has 1 rings (SSSR count). The van der Waals surface area contributed by atoms with Crippen LogP contribution in [0.4, 0.5) is 0 Å². The molecule has 5 N–H and O–H groups in total. The van der Waals surface area contributed by atoms with Crippen LogP contribution in [0.3, 0.4) is 0 Å². The Morgan fingerprint density at radius 2 is 2.20 bits per heavy atom. The highest BCUT2D eigenvalue weighted by molar-refractivity contribution is 6.40. The van der Waals surface area contributed by atoms with Gasteiger partial charge in [0.15, 0.2) is 0 Å². The van der Waals surface area contributed by atoms with E-state index in [4.69, 9.17) is 20.9 Å². The summed E-state index contributed by atoms with van der Waals surface area (Å²) in [5.74, 6) is -0.969. The number of rotatable bonds is 5. The van der Waals surface area contributed by atoms with E-state index < -0.39 is 18.6 Å². The lowest BCUT2D eigenvalue weighted by Crippen LogP contribution is -2.50. The van der Waals surface area contributed by atoms with Gasteiger partial charge < -0.3 is 20.9 Å². The molecule has 1 fully saturated rings. The van der Waals surface area contributed by atoms with Crippen LogP contribution < -0.4 is 5.73 Å². The standard InChI is InChI=1S/C9H18BNO4/c11-9(8(12)13)5-1-3-7(9)4-2-6-10(14)15/h7,14-15H,1-6,11H2,(H,12,13). The normalized spacial score (nSPS) is 30.5. The summed E-state index contributed by atoms with van der Waals surface area (Å²) in [6.45, 7) is 0. The van der Waals surface area contributed by atoms with Crippen LogP contribution in [-0.2, 0) is 4.79 Å². The Hall–Kier alpha value is -0.585. The molecule has 0 bridgehead atoms. The largest absolute Gasteiger partial charge is 0.480 e. The van der Waals surface area contributed by atoms with Gasteiger partial charge in [-0.15, -0.1) is 0 Å². The van der Waals surface area contributed by atoms with Crippen LogP contribution in [0, 0.1) is 5.92 Å². The van der Waals surface area contributed by atoms with Crippen molar-refractivity contribution in [1.29, 1.82) is 0 Å². The van der Waals surface area contributed by atoms with Gasteiger partial charge in [-0.3, -0.25) is 4.79 Å². The van der Waals surface area contributed by atoms with Crippen LogP contribution >= 0.6 is 0 Å². The van der Waals surface area contributed by atoms with Gasteiger partial charge in [-0.1, -0.05) is 12.8 Å². The molecule has 86 valence electrons. The predicted octanol–water partition coefficient (Wildman–Crippen LogP) is -0.178. The maximum absolute atomic E-state index is 11.0. The van der Waals surface area contributed by atoms with Gasteiger partial charge in [0, 0.05) is 0 Å². The first-order chi connectivity index (χ1) is 6.97. The molecule has 6 heteroatoms. The number of aliphatic carboxylic acids is 1. The Bertz CT molecular complexity index is 236. The Kier molecular flexibility index (Phi) is 4.13. The van der Waals surface area contributed by atoms with Crippen molar-refractivity contribution in [3.63, 3.8) is 0 Å². The maximum atomic E-state index is 11.0. The van der Waals surface area contributed by atoms with Gasteiger partial charge in [0.05, 0.1) is 0 Å². The lowest BCUT2D eigenvalue weighted by atomic mass is 9.78. The van der Waals surface area contributed by atoms with Crippen molar-refractivity contribution in [2.45, 2.75) is 44.0 Å². The molecule has 1 aliphatic carbocycles. The van der Waals surface area contributed by atoms with Crippen molar-refractivity contribution in [3.05, 3.63) is 0 Å². The highest BCUT2D eigenvalue weighted by Crippen LogP contribution is 2.37. The number of carboxylic acids is 1. The molecule has 5 nitrogen and oxygen atoms in total. The number of nitrogens with two attached hydrogens (primary N) is 1. The highest BCUT2D eigenvalue weighted by Gasteiger charge is 2.45. The molecule has 2 unspecified atom stereocenters. The first kappa shape index (κ1) is 12.5. The minimum atomic E-state index is -1.30. The third-order valence-corrected chi connectivity index (χ3v) is 3.28. The van der Waals surface area contributed by atoms with E-state index in [2.05, 4.69) is 0 Å². The first-order valence-electron chi connectivity index (χ1n) is 5.35. The van der Waals surface area contributed by atoms with Crippen LogP contribution in [0.2, 0.25) is 6.32 Å². The number of hydrogen-bond donors (Lipinski definition) is 4. The van der Waals surface area contributed by atoms with Gasteiger partial charge in [-0.05, 0) is 31.5 Å². The topological polar surface area (TPSA) is 104 Å². The van der Waals surface area contributed by atoms with E-state index in [0.717, 1.165) is 12.8 Å². The lowest BCUT2D eigenvalue weighted by Gasteiger charge is -2.26. The quantitative estimate of drug-likeness (QED) is 0.476. The van der Waals surface area contributed by atoms with Crippen molar-refractivity contribution in [2.75, 3.05) is 0 Å². The smallest absolute Gasteiger partial charge is 0.451 e. The Morgan fingerprint density at radius 3 is 2.73 bits per heavy atom. The summed E-state index contributed by atoms with van der Waals surface area (Å²) in [4.78, 5) is 11.0. The van der Waals surface area contributed by atoms with Gasteiger partial charge >= 0.3 is 13.1 Å². The van der Waals surface area contributed by atoms with Crippen LogP contribution in [0.5, 0.6) is 0 Å². The van der Waals surface area contributed by atoms with Crippen LogP contribution in [0.25, 0.3) is 0 Å². The summed E-state index contributed by atoms with van der Waals surface area (Å²) >= 11 is 0. The second-order valence-electron chi connectivity index (χ2n) is 4.35. The fraction of sp³-hybridized carbons (Fsp3) is 0.889. The summed E-state index contributed by atoms with van der Waals surface area (Å²) in [5.41, 5.74) is 4.74. The molecule has 0 saturated heterocycles. The fourth-order valence-corrected chi connectivity index (χ4v) is 2.33. The van der Waals surface area contributed by atoms with Crippen LogP contribution in [-0.4, -0.2) is 33.8 Å². The minimum Gasteiger partial charge on any atom is -0.480 e.